The number of nitrogens with one attached hydrogen (secondary N) is 1. The maximum absolute atomic E-state index is 5.96. The molecule has 0 saturated heterocycles. The van der Waals surface area contributed by atoms with Crippen molar-refractivity contribution < 1.29 is 8.83 Å². The predicted octanol–water partition coefficient (Wildman–Crippen LogP) is 6.75. The lowest BCUT2D eigenvalue weighted by atomic mass is 9.97. The van der Waals surface area contributed by atoms with Crippen LogP contribution < -0.4 is 5.32 Å². The van der Waals surface area contributed by atoms with Crippen molar-refractivity contribution in [1.82, 2.24) is 9.88 Å². The van der Waals surface area contributed by atoms with Gasteiger partial charge in [-0.3, -0.25) is 0 Å². The third kappa shape index (κ3) is 4.61. The molecular weight excluding hydrogens is 440 g/mol. The van der Waals surface area contributed by atoms with Gasteiger partial charge in [0.15, 0.2) is 0 Å². The second kappa shape index (κ2) is 9.98. The molecule has 0 saturated carbocycles. The molecule has 2 aromatic carbocycles. The smallest absolute Gasteiger partial charge is 0.123 e. The zero-order valence-electron chi connectivity index (χ0n) is 19.0. The number of benzene rings is 2. The molecule has 0 radical (unpaired) electrons. The molecule has 34 heavy (non-hydrogen) atoms. The van der Waals surface area contributed by atoms with Crippen LogP contribution >= 0.6 is 12.2 Å². The summed E-state index contributed by atoms with van der Waals surface area (Å²) < 4.78 is 13.6. The Morgan fingerprint density at radius 1 is 0.824 bits per heavy atom. The quantitative estimate of drug-likeness (QED) is 0.257. The monoisotopic (exact) mass is 466 g/mol. The normalized spacial score (nSPS) is 11.0. The van der Waals surface area contributed by atoms with E-state index >= 15 is 0 Å². The van der Waals surface area contributed by atoms with E-state index in [1.54, 1.807) is 12.5 Å². The molecule has 3 aromatic heterocycles. The Morgan fingerprint density at radius 3 is 2.12 bits per heavy atom. The maximum Gasteiger partial charge on any atom is 0.123 e. The molecule has 5 rings (SSSR count). The van der Waals surface area contributed by atoms with Crippen LogP contribution in [-0.2, 0) is 19.5 Å². The lowest BCUT2D eigenvalue weighted by Crippen LogP contribution is -2.22. The number of nitrogens with zero attached hydrogens (tertiary/aromatic N) is 1. The first-order chi connectivity index (χ1) is 16.7. The highest BCUT2D eigenvalue weighted by Crippen LogP contribution is 2.35. The molecule has 0 fully saturated rings. The van der Waals surface area contributed by atoms with E-state index in [0.29, 0.717) is 18.1 Å². The van der Waals surface area contributed by atoms with Gasteiger partial charge in [0.05, 0.1) is 25.6 Å². The molecule has 0 aliphatic carbocycles. The second-order valence-electron chi connectivity index (χ2n) is 8.24. The minimum absolute atomic E-state index is 0.539. The van der Waals surface area contributed by atoms with Crippen molar-refractivity contribution in [2.24, 2.45) is 0 Å². The summed E-state index contributed by atoms with van der Waals surface area (Å²) in [5.41, 5.74) is 6.92. The largest absolute Gasteiger partial charge is 0.467 e. The van der Waals surface area contributed by atoms with Crippen LogP contribution in [0.4, 0.5) is 0 Å². The van der Waals surface area contributed by atoms with Crippen molar-refractivity contribution in [1.29, 1.82) is 0 Å². The zero-order chi connectivity index (χ0) is 23.3. The Kier molecular flexibility index (Phi) is 6.45. The van der Waals surface area contributed by atoms with Gasteiger partial charge in [-0.1, -0.05) is 72.9 Å². The molecule has 0 aliphatic rings. The standard InChI is InChI=1S/C29H26N2O2S/c1-21-27(29(34)30-19-24-14-8-16-32-24)28(23-12-6-3-7-13-23)26(18-22-10-4-2-5-11-22)31(21)20-25-15-9-17-33-25/h2-17H,18-20H2,1H3,(H,30,34). The molecule has 0 aliphatic heterocycles. The predicted molar refractivity (Wildman–Crippen MR) is 139 cm³/mol. The maximum atomic E-state index is 5.96. The Hall–Kier alpha value is -3.83. The number of furan rings is 2. The number of rotatable bonds is 8. The van der Waals surface area contributed by atoms with Crippen molar-refractivity contribution in [2.45, 2.75) is 26.4 Å². The zero-order valence-corrected chi connectivity index (χ0v) is 19.8. The summed E-state index contributed by atoms with van der Waals surface area (Å²) in [4.78, 5) is 0.709. The highest BCUT2D eigenvalue weighted by Gasteiger charge is 2.25. The van der Waals surface area contributed by atoms with E-state index in [1.165, 1.54) is 11.3 Å². The van der Waals surface area contributed by atoms with Gasteiger partial charge >= 0.3 is 0 Å². The Labute approximate surface area is 204 Å². The number of hydrogen-bond donors (Lipinski definition) is 1. The Bertz CT molecular complexity index is 1350. The van der Waals surface area contributed by atoms with Crippen LogP contribution in [-0.4, -0.2) is 9.56 Å². The summed E-state index contributed by atoms with van der Waals surface area (Å²) in [5.74, 6) is 1.76. The Balaban J connectivity index is 1.65. The third-order valence-corrected chi connectivity index (χ3v) is 6.38. The Morgan fingerprint density at radius 2 is 1.47 bits per heavy atom. The molecule has 170 valence electrons. The molecule has 4 nitrogen and oxygen atoms in total. The molecule has 0 spiro atoms. The topological polar surface area (TPSA) is 43.2 Å². The van der Waals surface area contributed by atoms with Crippen LogP contribution in [0.2, 0.25) is 0 Å². The van der Waals surface area contributed by atoms with E-state index in [9.17, 15) is 0 Å². The van der Waals surface area contributed by atoms with Crippen LogP contribution in [0.25, 0.3) is 11.1 Å². The first-order valence-electron chi connectivity index (χ1n) is 11.3. The summed E-state index contributed by atoms with van der Waals surface area (Å²) >= 11 is 5.96. The van der Waals surface area contributed by atoms with E-state index < -0.39 is 0 Å². The molecular formula is C29H26N2O2S. The lowest BCUT2D eigenvalue weighted by molar-refractivity contribution is 0.488. The highest BCUT2D eigenvalue weighted by molar-refractivity contribution is 7.80. The third-order valence-electron chi connectivity index (χ3n) is 6.03. The number of aromatic nitrogens is 1. The summed E-state index contributed by atoms with van der Waals surface area (Å²) in [6.45, 7) is 3.32. The van der Waals surface area contributed by atoms with Crippen molar-refractivity contribution >= 4 is 17.2 Å². The van der Waals surface area contributed by atoms with Crippen LogP contribution in [0.1, 0.15) is 34.0 Å². The fourth-order valence-corrected chi connectivity index (χ4v) is 4.73. The van der Waals surface area contributed by atoms with Gasteiger partial charge in [0.2, 0.25) is 0 Å². The van der Waals surface area contributed by atoms with Gasteiger partial charge < -0.3 is 18.7 Å². The van der Waals surface area contributed by atoms with Gasteiger partial charge in [0.25, 0.3) is 0 Å². The van der Waals surface area contributed by atoms with Gasteiger partial charge in [0, 0.05) is 28.9 Å². The van der Waals surface area contributed by atoms with Crippen molar-refractivity contribution in [3.63, 3.8) is 0 Å². The van der Waals surface area contributed by atoms with Crippen LogP contribution in [0.15, 0.2) is 106 Å². The fraction of sp³-hybridized carbons (Fsp3) is 0.138. The molecule has 3 heterocycles. The molecule has 0 unspecified atom stereocenters. The summed E-state index contributed by atoms with van der Waals surface area (Å²) in [6.07, 6.45) is 4.19. The van der Waals surface area contributed by atoms with Crippen LogP contribution in [0.5, 0.6) is 0 Å². The molecule has 0 amide bonds. The number of hydrogen-bond acceptors (Lipinski definition) is 3. The lowest BCUT2D eigenvalue weighted by Gasteiger charge is -2.13. The molecule has 1 N–H and O–H groups in total. The van der Waals surface area contributed by atoms with E-state index in [0.717, 1.165) is 40.3 Å². The first-order valence-corrected chi connectivity index (χ1v) is 11.8. The van der Waals surface area contributed by atoms with Crippen molar-refractivity contribution in [2.75, 3.05) is 0 Å². The van der Waals surface area contributed by atoms with Gasteiger partial charge in [-0.25, -0.2) is 0 Å². The number of thiocarbonyl (C=S) groups is 1. The minimum atomic E-state index is 0.539. The molecule has 5 aromatic rings. The highest BCUT2D eigenvalue weighted by atomic mass is 32.1. The fourth-order valence-electron chi connectivity index (χ4n) is 4.41. The van der Waals surface area contributed by atoms with Crippen molar-refractivity contribution in [3.05, 3.63) is 131 Å². The van der Waals surface area contributed by atoms with Gasteiger partial charge in [-0.2, -0.15) is 0 Å². The van der Waals surface area contributed by atoms with Crippen molar-refractivity contribution in [3.8, 4) is 11.1 Å². The van der Waals surface area contributed by atoms with Crippen LogP contribution in [0, 0.1) is 6.92 Å². The van der Waals surface area contributed by atoms with E-state index in [1.807, 2.05) is 36.4 Å². The van der Waals surface area contributed by atoms with Gasteiger partial charge in [0.1, 0.15) is 16.5 Å². The van der Waals surface area contributed by atoms with E-state index in [4.69, 9.17) is 21.1 Å². The molecule has 0 atom stereocenters. The molecule has 0 bridgehead atoms. The summed E-state index contributed by atoms with van der Waals surface area (Å²) in [6, 6.07) is 28.8. The average molecular weight is 467 g/mol. The second-order valence-corrected chi connectivity index (χ2v) is 8.65. The van der Waals surface area contributed by atoms with E-state index in [-0.39, 0.29) is 0 Å². The minimum Gasteiger partial charge on any atom is -0.467 e. The first kappa shape index (κ1) is 22.0. The van der Waals surface area contributed by atoms with Gasteiger partial charge in [-0.05, 0) is 42.3 Å². The summed E-state index contributed by atoms with van der Waals surface area (Å²) in [7, 11) is 0. The SMILES string of the molecule is Cc1c(C(=S)NCc2ccco2)c(-c2ccccc2)c(Cc2ccccc2)n1Cc1ccco1. The molecule has 5 heteroatoms. The average Bonchev–Trinajstić information content (AvgIpc) is 3.63. The van der Waals surface area contributed by atoms with E-state index in [2.05, 4.69) is 65.3 Å². The van der Waals surface area contributed by atoms with Crippen LogP contribution in [0.3, 0.4) is 0 Å². The summed E-state index contributed by atoms with van der Waals surface area (Å²) in [5, 5.41) is 3.42. The van der Waals surface area contributed by atoms with Gasteiger partial charge in [-0.15, -0.1) is 0 Å².